The Balaban J connectivity index is 1.92. The van der Waals surface area contributed by atoms with E-state index in [0.717, 1.165) is 10.9 Å². The molecule has 3 aromatic rings. The zero-order chi connectivity index (χ0) is 14.8. The van der Waals surface area contributed by atoms with Crippen LogP contribution in [0.4, 0.5) is 0 Å². The number of halogens is 1. The van der Waals surface area contributed by atoms with Gasteiger partial charge in [-0.3, -0.25) is 4.79 Å². The van der Waals surface area contributed by atoms with Crippen molar-refractivity contribution in [3.63, 3.8) is 0 Å². The van der Waals surface area contributed by atoms with Crippen LogP contribution in [0, 0.1) is 11.3 Å². The van der Waals surface area contributed by atoms with Crippen LogP contribution in [0.2, 0.25) is 5.02 Å². The Hall–Kier alpha value is -2.57. The van der Waals surface area contributed by atoms with E-state index in [9.17, 15) is 4.79 Å². The van der Waals surface area contributed by atoms with Gasteiger partial charge < -0.3 is 4.57 Å². The molecule has 102 valence electrons. The van der Waals surface area contributed by atoms with Crippen LogP contribution in [-0.4, -0.2) is 10.4 Å². The molecule has 0 N–H and O–H groups in total. The second-order valence-electron chi connectivity index (χ2n) is 4.76. The Labute approximate surface area is 127 Å². The van der Waals surface area contributed by atoms with Crippen molar-refractivity contribution in [3.8, 4) is 6.07 Å². The lowest BCUT2D eigenvalue weighted by Crippen LogP contribution is -2.09. The summed E-state index contributed by atoms with van der Waals surface area (Å²) in [5.74, 6) is -0.000593. The van der Waals surface area contributed by atoms with Crippen LogP contribution in [0.15, 0.2) is 54.7 Å². The lowest BCUT2D eigenvalue weighted by atomic mass is 10.1. The van der Waals surface area contributed by atoms with E-state index in [1.165, 1.54) is 0 Å². The van der Waals surface area contributed by atoms with Gasteiger partial charge in [-0.2, -0.15) is 5.26 Å². The number of ketones is 1. The Morgan fingerprint density at radius 2 is 2.05 bits per heavy atom. The first kappa shape index (κ1) is 13.4. The summed E-state index contributed by atoms with van der Waals surface area (Å²) in [6.07, 6.45) is 1.86. The third-order valence-electron chi connectivity index (χ3n) is 3.36. The molecule has 0 saturated heterocycles. The van der Waals surface area contributed by atoms with Crippen LogP contribution in [0.5, 0.6) is 0 Å². The topological polar surface area (TPSA) is 45.8 Å². The van der Waals surface area contributed by atoms with Crippen molar-refractivity contribution in [2.45, 2.75) is 6.54 Å². The highest BCUT2D eigenvalue weighted by molar-refractivity contribution is 6.31. The van der Waals surface area contributed by atoms with Crippen molar-refractivity contribution in [2.24, 2.45) is 0 Å². The molecule has 0 fully saturated rings. The second-order valence-corrected chi connectivity index (χ2v) is 5.20. The molecule has 0 radical (unpaired) electrons. The van der Waals surface area contributed by atoms with Gasteiger partial charge in [-0.25, -0.2) is 0 Å². The highest BCUT2D eigenvalue weighted by Crippen LogP contribution is 2.19. The molecule has 0 spiro atoms. The number of carbonyl (C=O) groups excluding carboxylic acids is 1. The number of fused-ring (bicyclic) bond motifs is 1. The van der Waals surface area contributed by atoms with E-state index < -0.39 is 0 Å². The number of hydrogen-bond acceptors (Lipinski definition) is 2. The summed E-state index contributed by atoms with van der Waals surface area (Å²) in [5.41, 5.74) is 2.14. The van der Waals surface area contributed by atoms with E-state index in [2.05, 4.69) is 6.07 Å². The van der Waals surface area contributed by atoms with E-state index in [-0.39, 0.29) is 12.3 Å². The number of aromatic nitrogens is 1. The molecule has 0 atom stereocenters. The van der Waals surface area contributed by atoms with Crippen LogP contribution < -0.4 is 0 Å². The number of carbonyl (C=O) groups is 1. The maximum Gasteiger partial charge on any atom is 0.182 e. The molecule has 3 nitrogen and oxygen atoms in total. The van der Waals surface area contributed by atoms with Gasteiger partial charge in [0.05, 0.1) is 18.2 Å². The fraction of sp³-hybridized carbons (Fsp3) is 0.0588. The summed E-state index contributed by atoms with van der Waals surface area (Å²) in [6, 6.07) is 16.4. The van der Waals surface area contributed by atoms with Crippen LogP contribution in [0.3, 0.4) is 0 Å². The van der Waals surface area contributed by atoms with Gasteiger partial charge in [0.2, 0.25) is 0 Å². The molecule has 3 rings (SSSR count). The lowest BCUT2D eigenvalue weighted by Gasteiger charge is -2.05. The molecule has 0 unspecified atom stereocenters. The van der Waals surface area contributed by atoms with Crippen molar-refractivity contribution < 1.29 is 4.79 Å². The van der Waals surface area contributed by atoms with E-state index in [0.29, 0.717) is 16.1 Å². The van der Waals surface area contributed by atoms with E-state index >= 15 is 0 Å². The molecule has 21 heavy (non-hydrogen) atoms. The van der Waals surface area contributed by atoms with Gasteiger partial charge in [-0.05, 0) is 36.4 Å². The fourth-order valence-corrected chi connectivity index (χ4v) is 2.51. The minimum atomic E-state index is -0.000593. The normalized spacial score (nSPS) is 10.5. The molecule has 4 heteroatoms. The first-order chi connectivity index (χ1) is 10.2. The summed E-state index contributed by atoms with van der Waals surface area (Å²) in [6.45, 7) is 0.246. The molecule has 0 aliphatic heterocycles. The van der Waals surface area contributed by atoms with Gasteiger partial charge >= 0.3 is 0 Å². The number of hydrogen-bond donors (Lipinski definition) is 0. The number of nitriles is 1. The number of nitrogens with zero attached hydrogens (tertiary/aromatic N) is 2. The molecular formula is C17H11ClN2O. The standard InChI is InChI=1S/C17H11ClN2O/c18-15-3-1-2-14(9-15)17(21)11-20-7-6-13-8-12(10-19)4-5-16(13)20/h1-9H,11H2. The highest BCUT2D eigenvalue weighted by Gasteiger charge is 2.09. The predicted molar refractivity (Wildman–Crippen MR) is 82.4 cm³/mol. The third-order valence-corrected chi connectivity index (χ3v) is 3.60. The van der Waals surface area contributed by atoms with Crippen molar-refractivity contribution >= 4 is 28.3 Å². The van der Waals surface area contributed by atoms with Crippen molar-refractivity contribution in [1.82, 2.24) is 4.57 Å². The van der Waals surface area contributed by atoms with E-state index in [4.69, 9.17) is 16.9 Å². The molecule has 1 aromatic heterocycles. The first-order valence-corrected chi connectivity index (χ1v) is 6.83. The maximum atomic E-state index is 12.3. The largest absolute Gasteiger partial charge is 0.340 e. The predicted octanol–water partition coefficient (Wildman–Crippen LogP) is 4.05. The molecule has 2 aromatic carbocycles. The van der Waals surface area contributed by atoms with Gasteiger partial charge in [0.25, 0.3) is 0 Å². The molecule has 0 bridgehead atoms. The van der Waals surface area contributed by atoms with Gasteiger partial charge in [-0.15, -0.1) is 0 Å². The minimum absolute atomic E-state index is 0.000593. The SMILES string of the molecule is N#Cc1ccc2c(ccn2CC(=O)c2cccc(Cl)c2)c1. The number of Topliss-reactive ketones (excluding diaryl/α,β-unsaturated/α-hetero) is 1. The minimum Gasteiger partial charge on any atom is -0.340 e. The lowest BCUT2D eigenvalue weighted by molar-refractivity contribution is 0.0973. The van der Waals surface area contributed by atoms with Crippen LogP contribution in [-0.2, 0) is 6.54 Å². The van der Waals surface area contributed by atoms with Crippen molar-refractivity contribution in [2.75, 3.05) is 0 Å². The highest BCUT2D eigenvalue weighted by atomic mass is 35.5. The third kappa shape index (κ3) is 2.67. The Morgan fingerprint density at radius 1 is 1.19 bits per heavy atom. The summed E-state index contributed by atoms with van der Waals surface area (Å²) in [5, 5.41) is 10.4. The second kappa shape index (κ2) is 5.43. The van der Waals surface area contributed by atoms with Crippen LogP contribution >= 0.6 is 11.6 Å². The monoisotopic (exact) mass is 294 g/mol. The number of rotatable bonds is 3. The Bertz CT molecular complexity index is 874. The average Bonchev–Trinajstić information content (AvgIpc) is 2.89. The molecule has 0 amide bonds. The number of benzene rings is 2. The zero-order valence-corrected chi connectivity index (χ0v) is 11.8. The molecule has 0 aliphatic carbocycles. The smallest absolute Gasteiger partial charge is 0.182 e. The van der Waals surface area contributed by atoms with Crippen LogP contribution in [0.1, 0.15) is 15.9 Å². The average molecular weight is 295 g/mol. The summed E-state index contributed by atoms with van der Waals surface area (Å²) in [4.78, 5) is 12.3. The summed E-state index contributed by atoms with van der Waals surface area (Å²) >= 11 is 5.91. The molecule has 1 heterocycles. The van der Waals surface area contributed by atoms with Gasteiger partial charge in [-0.1, -0.05) is 23.7 Å². The van der Waals surface area contributed by atoms with Crippen molar-refractivity contribution in [3.05, 3.63) is 70.9 Å². The first-order valence-electron chi connectivity index (χ1n) is 6.45. The van der Waals surface area contributed by atoms with E-state index in [1.807, 2.05) is 29.0 Å². The fourth-order valence-electron chi connectivity index (χ4n) is 2.32. The van der Waals surface area contributed by atoms with E-state index in [1.54, 1.807) is 30.3 Å². The quantitative estimate of drug-likeness (QED) is 0.684. The maximum absolute atomic E-state index is 12.3. The molecule has 0 aliphatic rings. The molecular weight excluding hydrogens is 284 g/mol. The summed E-state index contributed by atoms with van der Waals surface area (Å²) < 4.78 is 1.87. The van der Waals surface area contributed by atoms with Crippen molar-refractivity contribution in [1.29, 1.82) is 5.26 Å². The zero-order valence-electron chi connectivity index (χ0n) is 11.1. The molecule has 0 saturated carbocycles. The van der Waals surface area contributed by atoms with Crippen LogP contribution in [0.25, 0.3) is 10.9 Å². The Kier molecular flexibility index (Phi) is 3.47. The summed E-state index contributed by atoms with van der Waals surface area (Å²) in [7, 11) is 0. The van der Waals surface area contributed by atoms with Gasteiger partial charge in [0.15, 0.2) is 5.78 Å². The van der Waals surface area contributed by atoms with Gasteiger partial charge in [0, 0.05) is 27.7 Å². The van der Waals surface area contributed by atoms with Gasteiger partial charge in [0.1, 0.15) is 0 Å². The Morgan fingerprint density at radius 3 is 2.81 bits per heavy atom.